The van der Waals surface area contributed by atoms with E-state index >= 15 is 0 Å². The van der Waals surface area contributed by atoms with Gasteiger partial charge < -0.3 is 19.5 Å². The molecule has 5 nitrogen and oxygen atoms in total. The summed E-state index contributed by atoms with van der Waals surface area (Å²) in [4.78, 5) is 12.1. The van der Waals surface area contributed by atoms with Gasteiger partial charge in [0.2, 0.25) is 0 Å². The summed E-state index contributed by atoms with van der Waals surface area (Å²) in [6, 6.07) is 0. The molecule has 0 radical (unpaired) electrons. The summed E-state index contributed by atoms with van der Waals surface area (Å²) >= 11 is 0. The molecule has 118 valence electrons. The van der Waals surface area contributed by atoms with Crippen LogP contribution in [0.3, 0.4) is 0 Å². The number of rotatable bonds is 10. The molecule has 0 aromatic carbocycles. The lowest BCUT2D eigenvalue weighted by Gasteiger charge is -2.28. The molecule has 0 aromatic rings. The molecule has 1 fully saturated rings. The second kappa shape index (κ2) is 9.32. The number of esters is 1. The van der Waals surface area contributed by atoms with E-state index in [2.05, 4.69) is 12.2 Å². The molecule has 1 heterocycles. The Morgan fingerprint density at radius 1 is 1.45 bits per heavy atom. The monoisotopic (exact) mass is 287 g/mol. The van der Waals surface area contributed by atoms with Crippen molar-refractivity contribution >= 4 is 5.97 Å². The van der Waals surface area contributed by atoms with Crippen molar-refractivity contribution in [2.45, 2.75) is 58.1 Å². The fourth-order valence-electron chi connectivity index (χ4n) is 2.27. The minimum absolute atomic E-state index is 0.169. The molecule has 5 heteroatoms. The summed E-state index contributed by atoms with van der Waals surface area (Å²) < 4.78 is 16.2. The van der Waals surface area contributed by atoms with Gasteiger partial charge in [-0.1, -0.05) is 6.92 Å². The van der Waals surface area contributed by atoms with Crippen molar-refractivity contribution in [3.8, 4) is 0 Å². The van der Waals surface area contributed by atoms with E-state index in [1.165, 1.54) is 0 Å². The molecular formula is C15H29NO4. The van der Waals surface area contributed by atoms with Crippen LogP contribution >= 0.6 is 0 Å². The predicted molar refractivity (Wildman–Crippen MR) is 77.7 cm³/mol. The van der Waals surface area contributed by atoms with E-state index in [9.17, 15) is 4.79 Å². The van der Waals surface area contributed by atoms with Crippen LogP contribution in [0.15, 0.2) is 0 Å². The van der Waals surface area contributed by atoms with E-state index < -0.39 is 5.54 Å². The van der Waals surface area contributed by atoms with E-state index in [1.807, 2.05) is 13.8 Å². The van der Waals surface area contributed by atoms with Crippen molar-refractivity contribution < 1.29 is 19.0 Å². The quantitative estimate of drug-likeness (QED) is 0.491. The molecule has 20 heavy (non-hydrogen) atoms. The van der Waals surface area contributed by atoms with Gasteiger partial charge in [-0.25, -0.2) is 0 Å². The molecule has 2 unspecified atom stereocenters. The average Bonchev–Trinajstić information content (AvgIpc) is 2.95. The second-order valence-corrected chi connectivity index (χ2v) is 5.44. The maximum absolute atomic E-state index is 12.1. The molecule has 0 saturated carbocycles. The van der Waals surface area contributed by atoms with Gasteiger partial charge in [0.05, 0.1) is 19.3 Å². The van der Waals surface area contributed by atoms with Gasteiger partial charge in [0, 0.05) is 13.2 Å². The molecule has 0 aliphatic carbocycles. The standard InChI is InChI=1S/C15H29NO4/c1-4-9-16-15(3,14(17)19-5-2)8-6-10-20-13-7-11-18-12-13/h13,16H,4-12H2,1-3H3. The van der Waals surface area contributed by atoms with Gasteiger partial charge in [-0.3, -0.25) is 4.79 Å². The van der Waals surface area contributed by atoms with Crippen molar-refractivity contribution in [2.75, 3.05) is 33.0 Å². The lowest BCUT2D eigenvalue weighted by Crippen LogP contribution is -2.51. The minimum Gasteiger partial charge on any atom is -0.465 e. The number of nitrogens with one attached hydrogen (secondary N) is 1. The first-order valence-corrected chi connectivity index (χ1v) is 7.74. The molecular weight excluding hydrogens is 258 g/mol. The normalized spacial score (nSPS) is 21.6. The lowest BCUT2D eigenvalue weighted by atomic mass is 9.95. The number of hydrogen-bond donors (Lipinski definition) is 1. The van der Waals surface area contributed by atoms with Gasteiger partial charge in [-0.05, 0) is 46.1 Å². The van der Waals surface area contributed by atoms with Gasteiger partial charge in [-0.15, -0.1) is 0 Å². The molecule has 1 aliphatic heterocycles. The third-order valence-electron chi connectivity index (χ3n) is 3.55. The van der Waals surface area contributed by atoms with Crippen LogP contribution in [0, 0.1) is 0 Å². The highest BCUT2D eigenvalue weighted by Gasteiger charge is 2.33. The third-order valence-corrected chi connectivity index (χ3v) is 3.55. The summed E-state index contributed by atoms with van der Waals surface area (Å²) in [5, 5.41) is 3.30. The van der Waals surface area contributed by atoms with E-state index in [1.54, 1.807) is 0 Å². The van der Waals surface area contributed by atoms with Crippen molar-refractivity contribution in [1.29, 1.82) is 0 Å². The van der Waals surface area contributed by atoms with Crippen molar-refractivity contribution in [3.05, 3.63) is 0 Å². The smallest absolute Gasteiger partial charge is 0.326 e. The summed E-state index contributed by atoms with van der Waals surface area (Å²) in [5.41, 5.74) is -0.610. The van der Waals surface area contributed by atoms with Crippen molar-refractivity contribution in [1.82, 2.24) is 5.32 Å². The van der Waals surface area contributed by atoms with Crippen molar-refractivity contribution in [2.24, 2.45) is 0 Å². The molecule has 1 aliphatic rings. The molecule has 0 bridgehead atoms. The second-order valence-electron chi connectivity index (χ2n) is 5.44. The van der Waals surface area contributed by atoms with Crippen LogP contribution in [-0.4, -0.2) is 50.6 Å². The zero-order valence-electron chi connectivity index (χ0n) is 13.1. The number of ether oxygens (including phenoxy) is 3. The molecule has 1 rings (SSSR count). The van der Waals surface area contributed by atoms with Gasteiger partial charge >= 0.3 is 5.97 Å². The Morgan fingerprint density at radius 2 is 2.25 bits per heavy atom. The summed E-state index contributed by atoms with van der Waals surface area (Å²) in [6.45, 7) is 9.22. The SMILES string of the molecule is CCCNC(C)(CCCOC1CCOC1)C(=O)OCC. The maximum atomic E-state index is 12.1. The summed E-state index contributed by atoms with van der Waals surface area (Å²) in [7, 11) is 0. The molecule has 1 saturated heterocycles. The Labute approximate surface area is 122 Å². The highest BCUT2D eigenvalue weighted by molar-refractivity contribution is 5.80. The number of hydrogen-bond acceptors (Lipinski definition) is 5. The predicted octanol–water partition coefficient (Wildman–Crippen LogP) is 1.89. The Kier molecular flexibility index (Phi) is 8.11. The first-order valence-electron chi connectivity index (χ1n) is 7.74. The first-order chi connectivity index (χ1) is 9.62. The van der Waals surface area contributed by atoms with Crippen LogP contribution in [0.5, 0.6) is 0 Å². The largest absolute Gasteiger partial charge is 0.465 e. The van der Waals surface area contributed by atoms with E-state index in [4.69, 9.17) is 14.2 Å². The summed E-state index contributed by atoms with van der Waals surface area (Å²) in [6.07, 6.45) is 3.75. The van der Waals surface area contributed by atoms with E-state index in [0.29, 0.717) is 19.8 Å². The van der Waals surface area contributed by atoms with Crippen LogP contribution in [0.25, 0.3) is 0 Å². The molecule has 0 amide bonds. The fourth-order valence-corrected chi connectivity index (χ4v) is 2.27. The van der Waals surface area contributed by atoms with Crippen LogP contribution in [-0.2, 0) is 19.0 Å². The van der Waals surface area contributed by atoms with Gasteiger partial charge in [0.15, 0.2) is 0 Å². The Morgan fingerprint density at radius 3 is 2.85 bits per heavy atom. The molecule has 0 spiro atoms. The topological polar surface area (TPSA) is 56.8 Å². The Bertz CT molecular complexity index is 279. The van der Waals surface area contributed by atoms with Crippen LogP contribution in [0.4, 0.5) is 0 Å². The van der Waals surface area contributed by atoms with Gasteiger partial charge in [-0.2, -0.15) is 0 Å². The third kappa shape index (κ3) is 5.77. The van der Waals surface area contributed by atoms with Gasteiger partial charge in [0.1, 0.15) is 5.54 Å². The van der Waals surface area contributed by atoms with E-state index in [0.717, 1.165) is 38.8 Å². The van der Waals surface area contributed by atoms with E-state index in [-0.39, 0.29) is 12.1 Å². The van der Waals surface area contributed by atoms with Crippen LogP contribution < -0.4 is 5.32 Å². The first kappa shape index (κ1) is 17.4. The minimum atomic E-state index is -0.610. The fraction of sp³-hybridized carbons (Fsp3) is 0.933. The number of carbonyl (C=O) groups excluding carboxylic acids is 1. The van der Waals surface area contributed by atoms with Crippen molar-refractivity contribution in [3.63, 3.8) is 0 Å². The van der Waals surface area contributed by atoms with Crippen LogP contribution in [0.2, 0.25) is 0 Å². The Hall–Kier alpha value is -0.650. The van der Waals surface area contributed by atoms with Gasteiger partial charge in [0.25, 0.3) is 0 Å². The zero-order valence-corrected chi connectivity index (χ0v) is 13.1. The number of carbonyl (C=O) groups is 1. The maximum Gasteiger partial charge on any atom is 0.326 e. The lowest BCUT2D eigenvalue weighted by molar-refractivity contribution is -0.151. The van der Waals surface area contributed by atoms with Crippen LogP contribution in [0.1, 0.15) is 46.5 Å². The zero-order chi connectivity index (χ0) is 14.8. The highest BCUT2D eigenvalue weighted by atomic mass is 16.5. The molecule has 0 aromatic heterocycles. The average molecular weight is 287 g/mol. The Balaban J connectivity index is 2.32. The summed E-state index contributed by atoms with van der Waals surface area (Å²) in [5.74, 6) is -0.169. The molecule has 1 N–H and O–H groups in total. The highest BCUT2D eigenvalue weighted by Crippen LogP contribution is 2.16. The molecule has 2 atom stereocenters.